The summed E-state index contributed by atoms with van der Waals surface area (Å²) in [5.41, 5.74) is 1.000. The van der Waals surface area contributed by atoms with E-state index in [-0.39, 0.29) is 11.7 Å². The number of hydrogen-bond donors (Lipinski definition) is 0. The Morgan fingerprint density at radius 2 is 2.22 bits per heavy atom. The van der Waals surface area contributed by atoms with Crippen molar-refractivity contribution in [3.05, 3.63) is 28.7 Å². The van der Waals surface area contributed by atoms with Crippen LogP contribution in [0.25, 0.3) is 10.6 Å². The molecule has 1 aromatic heterocycles. The average molecular weight is 345 g/mol. The van der Waals surface area contributed by atoms with Gasteiger partial charge in [0.05, 0.1) is 12.9 Å². The van der Waals surface area contributed by atoms with Crippen LogP contribution < -0.4 is 0 Å². The van der Waals surface area contributed by atoms with E-state index in [9.17, 15) is 4.79 Å². The lowest BCUT2D eigenvalue weighted by atomic mass is 10.2. The normalized spacial score (nSPS) is 10.3. The number of rotatable bonds is 4. The lowest BCUT2D eigenvalue weighted by Gasteiger charge is -1.97. The average Bonchev–Trinajstić information content (AvgIpc) is 2.85. The maximum atomic E-state index is 11.0. The largest absolute Gasteiger partial charge is 0.468 e. The third-order valence-electron chi connectivity index (χ3n) is 2.05. The molecule has 0 aliphatic carbocycles. The van der Waals surface area contributed by atoms with Crippen molar-refractivity contribution in [2.75, 3.05) is 12.9 Å². The van der Waals surface area contributed by atoms with Crippen molar-refractivity contribution in [3.63, 3.8) is 0 Å². The number of thioether (sulfide) groups is 1. The number of hydrogen-bond acceptors (Lipinski definition) is 6. The third-order valence-corrected chi connectivity index (χ3v) is 4.81. The van der Waals surface area contributed by atoms with Crippen molar-refractivity contribution in [1.29, 1.82) is 0 Å². The van der Waals surface area contributed by atoms with Crippen molar-refractivity contribution in [2.24, 2.45) is 0 Å². The molecule has 18 heavy (non-hydrogen) atoms. The van der Waals surface area contributed by atoms with Crippen LogP contribution in [-0.4, -0.2) is 29.0 Å². The van der Waals surface area contributed by atoms with Crippen LogP contribution in [0.3, 0.4) is 0 Å². The zero-order valence-corrected chi connectivity index (χ0v) is 12.6. The maximum Gasteiger partial charge on any atom is 0.316 e. The molecule has 7 heteroatoms. The molecule has 0 aliphatic rings. The Labute approximate surface area is 121 Å². The van der Waals surface area contributed by atoms with Gasteiger partial charge in [-0.1, -0.05) is 57.2 Å². The number of halogens is 1. The van der Waals surface area contributed by atoms with Crippen molar-refractivity contribution in [3.8, 4) is 10.6 Å². The SMILES string of the molecule is COC(=O)CSc1nnc(-c2ccccc2Br)s1. The van der Waals surface area contributed by atoms with Crippen LogP contribution in [0.2, 0.25) is 0 Å². The van der Waals surface area contributed by atoms with E-state index in [1.54, 1.807) is 0 Å². The Morgan fingerprint density at radius 1 is 1.44 bits per heavy atom. The molecule has 0 saturated heterocycles. The van der Waals surface area contributed by atoms with Gasteiger partial charge in [-0.05, 0) is 6.07 Å². The standard InChI is InChI=1S/C11H9BrN2O2S2/c1-16-9(15)6-17-11-14-13-10(18-11)7-4-2-3-5-8(7)12/h2-5H,6H2,1H3. The van der Waals surface area contributed by atoms with E-state index in [2.05, 4.69) is 30.9 Å². The van der Waals surface area contributed by atoms with Crippen LogP contribution in [0, 0.1) is 0 Å². The molecule has 0 bridgehead atoms. The number of esters is 1. The fourth-order valence-electron chi connectivity index (χ4n) is 1.19. The first-order chi connectivity index (χ1) is 8.70. The monoisotopic (exact) mass is 344 g/mol. The zero-order valence-electron chi connectivity index (χ0n) is 9.42. The highest BCUT2D eigenvalue weighted by atomic mass is 79.9. The number of aromatic nitrogens is 2. The number of nitrogens with zero attached hydrogens (tertiary/aromatic N) is 2. The first kappa shape index (κ1) is 13.5. The first-order valence-electron chi connectivity index (χ1n) is 4.98. The topological polar surface area (TPSA) is 52.1 Å². The summed E-state index contributed by atoms with van der Waals surface area (Å²) in [5.74, 6) is -0.0150. The molecule has 0 saturated carbocycles. The fraction of sp³-hybridized carbons (Fsp3) is 0.182. The number of carbonyl (C=O) groups excluding carboxylic acids is 1. The summed E-state index contributed by atoms with van der Waals surface area (Å²) in [5, 5.41) is 8.99. The van der Waals surface area contributed by atoms with Crippen molar-refractivity contribution >= 4 is 45.0 Å². The highest BCUT2D eigenvalue weighted by Crippen LogP contribution is 2.33. The minimum atomic E-state index is -0.266. The predicted molar refractivity (Wildman–Crippen MR) is 75.8 cm³/mol. The number of methoxy groups -OCH3 is 1. The molecule has 0 unspecified atom stereocenters. The second-order valence-electron chi connectivity index (χ2n) is 3.22. The van der Waals surface area contributed by atoms with Gasteiger partial charge in [0, 0.05) is 10.0 Å². The first-order valence-corrected chi connectivity index (χ1v) is 7.58. The fourth-order valence-corrected chi connectivity index (χ4v) is 3.52. The smallest absolute Gasteiger partial charge is 0.316 e. The van der Waals surface area contributed by atoms with Gasteiger partial charge in [0.2, 0.25) is 0 Å². The molecule has 2 rings (SSSR count). The van der Waals surface area contributed by atoms with Crippen molar-refractivity contribution in [1.82, 2.24) is 10.2 Å². The summed E-state index contributed by atoms with van der Waals surface area (Å²) in [4.78, 5) is 11.0. The molecule has 0 amide bonds. The van der Waals surface area contributed by atoms with Gasteiger partial charge >= 0.3 is 5.97 Å². The third kappa shape index (κ3) is 3.30. The van der Waals surface area contributed by atoms with E-state index in [0.29, 0.717) is 0 Å². The molecule has 0 spiro atoms. The minimum Gasteiger partial charge on any atom is -0.468 e. The molecule has 1 heterocycles. The number of carbonyl (C=O) groups is 1. The Kier molecular flexibility index (Phi) is 4.73. The van der Waals surface area contributed by atoms with Gasteiger partial charge in [0.25, 0.3) is 0 Å². The predicted octanol–water partition coefficient (Wildman–Crippen LogP) is 3.23. The van der Waals surface area contributed by atoms with E-state index in [1.165, 1.54) is 30.2 Å². The van der Waals surface area contributed by atoms with E-state index in [0.717, 1.165) is 19.4 Å². The van der Waals surface area contributed by atoms with Crippen LogP contribution in [0.4, 0.5) is 0 Å². The van der Waals surface area contributed by atoms with Crippen molar-refractivity contribution < 1.29 is 9.53 Å². The van der Waals surface area contributed by atoms with E-state index < -0.39 is 0 Å². The molecule has 2 aromatic rings. The van der Waals surface area contributed by atoms with Gasteiger partial charge in [0.15, 0.2) is 4.34 Å². The molecular weight excluding hydrogens is 336 g/mol. The van der Waals surface area contributed by atoms with E-state index >= 15 is 0 Å². The molecular formula is C11H9BrN2O2S2. The molecule has 1 aromatic carbocycles. The van der Waals surface area contributed by atoms with Crippen LogP contribution in [0.5, 0.6) is 0 Å². The van der Waals surface area contributed by atoms with Crippen LogP contribution in [0.15, 0.2) is 33.1 Å². The summed E-state index contributed by atoms with van der Waals surface area (Å²) in [7, 11) is 1.37. The summed E-state index contributed by atoms with van der Waals surface area (Å²) < 4.78 is 6.30. The lowest BCUT2D eigenvalue weighted by Crippen LogP contribution is -2.02. The highest BCUT2D eigenvalue weighted by Gasteiger charge is 2.11. The number of benzene rings is 1. The molecule has 0 fully saturated rings. The van der Waals surface area contributed by atoms with Gasteiger partial charge < -0.3 is 4.74 Å². The Morgan fingerprint density at radius 3 is 2.94 bits per heavy atom. The van der Waals surface area contributed by atoms with Crippen LogP contribution >= 0.6 is 39.0 Å². The van der Waals surface area contributed by atoms with Crippen molar-refractivity contribution in [2.45, 2.75) is 4.34 Å². The van der Waals surface area contributed by atoms with Gasteiger partial charge in [0.1, 0.15) is 5.01 Å². The van der Waals surface area contributed by atoms with Gasteiger partial charge in [-0.3, -0.25) is 4.79 Å². The second-order valence-corrected chi connectivity index (χ2v) is 6.27. The van der Waals surface area contributed by atoms with Gasteiger partial charge in [-0.25, -0.2) is 0 Å². The van der Waals surface area contributed by atoms with Crippen LogP contribution in [-0.2, 0) is 9.53 Å². The molecule has 0 N–H and O–H groups in total. The molecule has 4 nitrogen and oxygen atoms in total. The zero-order chi connectivity index (χ0) is 13.0. The maximum absolute atomic E-state index is 11.0. The highest BCUT2D eigenvalue weighted by molar-refractivity contribution is 9.10. The summed E-state index contributed by atoms with van der Waals surface area (Å²) in [6, 6.07) is 7.82. The lowest BCUT2D eigenvalue weighted by molar-refractivity contribution is -0.137. The summed E-state index contributed by atoms with van der Waals surface area (Å²) in [6.45, 7) is 0. The van der Waals surface area contributed by atoms with E-state index in [1.807, 2.05) is 24.3 Å². The number of ether oxygens (including phenoxy) is 1. The summed E-state index contributed by atoms with van der Waals surface area (Å²) >= 11 is 6.26. The molecule has 0 aliphatic heterocycles. The Hall–Kier alpha value is -0.920. The summed E-state index contributed by atoms with van der Waals surface area (Å²) in [6.07, 6.45) is 0. The van der Waals surface area contributed by atoms with Crippen LogP contribution in [0.1, 0.15) is 0 Å². The molecule has 0 atom stereocenters. The molecule has 94 valence electrons. The van der Waals surface area contributed by atoms with Gasteiger partial charge in [-0.15, -0.1) is 10.2 Å². The Bertz CT molecular complexity index is 559. The minimum absolute atomic E-state index is 0.251. The molecule has 0 radical (unpaired) electrons. The van der Waals surface area contributed by atoms with E-state index in [4.69, 9.17) is 0 Å². The Balaban J connectivity index is 2.11. The van der Waals surface area contributed by atoms with Gasteiger partial charge in [-0.2, -0.15) is 0 Å². The second kappa shape index (κ2) is 6.31. The quantitative estimate of drug-likeness (QED) is 0.629.